The summed E-state index contributed by atoms with van der Waals surface area (Å²) in [7, 11) is 1.70. The average molecular weight is 344 g/mol. The second kappa shape index (κ2) is 7.87. The molecular weight excluding hydrogens is 318 g/mol. The number of allylic oxidation sites excluding steroid dienone is 1. The summed E-state index contributed by atoms with van der Waals surface area (Å²) >= 11 is 6.42. The van der Waals surface area contributed by atoms with Crippen molar-refractivity contribution in [3.8, 4) is 0 Å². The van der Waals surface area contributed by atoms with Crippen LogP contribution < -0.4 is 5.32 Å². The van der Waals surface area contributed by atoms with Gasteiger partial charge in [0.2, 0.25) is 0 Å². The SMILES string of the molecule is C=C(Cc1ccc(COC)cc1)Nc1ccc(C(C)(C)C)c(Cl)c1. The largest absolute Gasteiger partial charge is 0.380 e. The van der Waals surface area contributed by atoms with Crippen LogP contribution in [0.2, 0.25) is 5.02 Å². The first kappa shape index (κ1) is 18.6. The lowest BCUT2D eigenvalue weighted by molar-refractivity contribution is 0.185. The number of benzene rings is 2. The molecule has 0 saturated carbocycles. The summed E-state index contributed by atoms with van der Waals surface area (Å²) in [4.78, 5) is 0. The van der Waals surface area contributed by atoms with Gasteiger partial charge >= 0.3 is 0 Å². The van der Waals surface area contributed by atoms with Gasteiger partial charge < -0.3 is 10.1 Å². The third-order valence-electron chi connectivity index (χ3n) is 3.85. The number of methoxy groups -OCH3 is 1. The van der Waals surface area contributed by atoms with Gasteiger partial charge in [0.05, 0.1) is 6.61 Å². The standard InChI is InChI=1S/C21H26ClNO/c1-15(12-16-6-8-17(9-7-16)14-24-5)23-18-10-11-19(20(22)13-18)21(2,3)4/h6-11,13,23H,1,12,14H2,2-5H3. The quantitative estimate of drug-likeness (QED) is 0.699. The predicted molar refractivity (Wildman–Crippen MR) is 104 cm³/mol. The molecule has 0 heterocycles. The molecule has 0 aliphatic heterocycles. The molecule has 3 heteroatoms. The van der Waals surface area contributed by atoms with Crippen molar-refractivity contribution in [3.05, 3.63) is 76.5 Å². The summed E-state index contributed by atoms with van der Waals surface area (Å²) in [5, 5.41) is 4.13. The lowest BCUT2D eigenvalue weighted by Crippen LogP contribution is -2.12. The molecular formula is C21H26ClNO. The summed E-state index contributed by atoms with van der Waals surface area (Å²) in [5.41, 5.74) is 5.47. The monoisotopic (exact) mass is 343 g/mol. The van der Waals surface area contributed by atoms with Crippen LogP contribution in [0, 0.1) is 0 Å². The van der Waals surface area contributed by atoms with Crippen LogP contribution in [-0.4, -0.2) is 7.11 Å². The maximum atomic E-state index is 6.42. The van der Waals surface area contributed by atoms with Crippen LogP contribution in [0.4, 0.5) is 5.69 Å². The first-order valence-corrected chi connectivity index (χ1v) is 8.49. The van der Waals surface area contributed by atoms with Gasteiger partial charge in [-0.1, -0.05) is 69.3 Å². The van der Waals surface area contributed by atoms with Gasteiger partial charge in [-0.25, -0.2) is 0 Å². The third-order valence-corrected chi connectivity index (χ3v) is 4.16. The van der Waals surface area contributed by atoms with E-state index in [1.807, 2.05) is 6.07 Å². The van der Waals surface area contributed by atoms with Crippen LogP contribution in [0.15, 0.2) is 54.7 Å². The highest BCUT2D eigenvalue weighted by Crippen LogP contribution is 2.31. The Bertz CT molecular complexity index is 699. The Balaban J connectivity index is 2.00. The molecule has 0 aliphatic carbocycles. The fourth-order valence-corrected chi connectivity index (χ4v) is 3.08. The molecule has 0 fully saturated rings. The average Bonchev–Trinajstić information content (AvgIpc) is 2.48. The number of halogens is 1. The molecule has 2 aromatic carbocycles. The van der Waals surface area contributed by atoms with Crippen molar-refractivity contribution < 1.29 is 4.74 Å². The number of hydrogen-bond donors (Lipinski definition) is 1. The van der Waals surface area contributed by atoms with Gasteiger partial charge in [0, 0.05) is 29.9 Å². The Kier molecular flexibility index (Phi) is 6.09. The fourth-order valence-electron chi connectivity index (χ4n) is 2.62. The third kappa shape index (κ3) is 5.12. The molecule has 0 radical (unpaired) electrons. The minimum absolute atomic E-state index is 0.0383. The highest BCUT2D eigenvalue weighted by atomic mass is 35.5. The van der Waals surface area contributed by atoms with Crippen molar-refractivity contribution in [1.29, 1.82) is 0 Å². The number of hydrogen-bond acceptors (Lipinski definition) is 2. The van der Waals surface area contributed by atoms with Gasteiger partial charge in [0.1, 0.15) is 0 Å². The second-order valence-corrected chi connectivity index (χ2v) is 7.51. The van der Waals surface area contributed by atoms with E-state index in [4.69, 9.17) is 16.3 Å². The number of rotatable bonds is 6. The van der Waals surface area contributed by atoms with Crippen LogP contribution in [0.5, 0.6) is 0 Å². The zero-order chi connectivity index (χ0) is 17.7. The molecule has 0 amide bonds. The Morgan fingerprint density at radius 2 is 1.71 bits per heavy atom. The molecule has 0 aliphatic rings. The topological polar surface area (TPSA) is 21.3 Å². The number of nitrogens with one attached hydrogen (secondary N) is 1. The van der Waals surface area contributed by atoms with Crippen molar-refractivity contribution in [1.82, 2.24) is 0 Å². The van der Waals surface area contributed by atoms with E-state index in [1.165, 1.54) is 11.1 Å². The lowest BCUT2D eigenvalue weighted by atomic mass is 9.87. The first-order chi connectivity index (χ1) is 11.3. The maximum absolute atomic E-state index is 6.42. The van der Waals surface area contributed by atoms with E-state index in [-0.39, 0.29) is 5.41 Å². The molecule has 0 unspecified atom stereocenters. The summed E-state index contributed by atoms with van der Waals surface area (Å²) < 4.78 is 5.13. The van der Waals surface area contributed by atoms with Crippen LogP contribution >= 0.6 is 11.6 Å². The van der Waals surface area contributed by atoms with Crippen molar-refractivity contribution in [2.45, 2.75) is 39.2 Å². The Hall–Kier alpha value is -1.77. The zero-order valence-corrected chi connectivity index (χ0v) is 15.7. The maximum Gasteiger partial charge on any atom is 0.0713 e. The molecule has 0 spiro atoms. The number of anilines is 1. The van der Waals surface area contributed by atoms with Gasteiger partial charge in [-0.2, -0.15) is 0 Å². The fraction of sp³-hybridized carbons (Fsp3) is 0.333. The van der Waals surface area contributed by atoms with E-state index in [2.05, 4.69) is 69.1 Å². The molecule has 2 nitrogen and oxygen atoms in total. The first-order valence-electron chi connectivity index (χ1n) is 8.11. The molecule has 0 bridgehead atoms. The van der Waals surface area contributed by atoms with E-state index in [0.717, 1.165) is 28.4 Å². The van der Waals surface area contributed by atoms with Crippen LogP contribution in [0.3, 0.4) is 0 Å². The molecule has 1 N–H and O–H groups in total. The molecule has 2 rings (SSSR count). The summed E-state index contributed by atoms with van der Waals surface area (Å²) in [6, 6.07) is 14.5. The van der Waals surface area contributed by atoms with E-state index in [9.17, 15) is 0 Å². The molecule has 0 atom stereocenters. The Morgan fingerprint density at radius 3 is 2.25 bits per heavy atom. The Labute approximate surface area is 150 Å². The van der Waals surface area contributed by atoms with Crippen molar-refractivity contribution in [2.75, 3.05) is 12.4 Å². The molecule has 0 saturated heterocycles. The van der Waals surface area contributed by atoms with Gasteiger partial charge in [-0.05, 0) is 34.2 Å². The highest BCUT2D eigenvalue weighted by molar-refractivity contribution is 6.31. The van der Waals surface area contributed by atoms with E-state index in [0.29, 0.717) is 6.61 Å². The smallest absolute Gasteiger partial charge is 0.0713 e. The van der Waals surface area contributed by atoms with Gasteiger partial charge in [-0.15, -0.1) is 0 Å². The van der Waals surface area contributed by atoms with Crippen LogP contribution in [-0.2, 0) is 23.2 Å². The van der Waals surface area contributed by atoms with Gasteiger partial charge in [0.25, 0.3) is 0 Å². The Morgan fingerprint density at radius 1 is 1.08 bits per heavy atom. The predicted octanol–water partition coefficient (Wildman–Crippen LogP) is 5.95. The molecule has 24 heavy (non-hydrogen) atoms. The highest BCUT2D eigenvalue weighted by Gasteiger charge is 2.17. The second-order valence-electron chi connectivity index (χ2n) is 7.10. The summed E-state index contributed by atoms with van der Waals surface area (Å²) in [6.45, 7) is 11.2. The lowest BCUT2D eigenvalue weighted by Gasteiger charge is -2.21. The number of ether oxygens (including phenoxy) is 1. The summed E-state index contributed by atoms with van der Waals surface area (Å²) in [5.74, 6) is 0. The van der Waals surface area contributed by atoms with E-state index in [1.54, 1.807) is 7.11 Å². The zero-order valence-electron chi connectivity index (χ0n) is 14.9. The van der Waals surface area contributed by atoms with Crippen molar-refractivity contribution in [3.63, 3.8) is 0 Å². The molecule has 128 valence electrons. The van der Waals surface area contributed by atoms with E-state index < -0.39 is 0 Å². The van der Waals surface area contributed by atoms with Crippen LogP contribution in [0.25, 0.3) is 0 Å². The van der Waals surface area contributed by atoms with E-state index >= 15 is 0 Å². The molecule has 0 aromatic heterocycles. The van der Waals surface area contributed by atoms with Gasteiger partial charge in [-0.3, -0.25) is 0 Å². The van der Waals surface area contributed by atoms with Crippen molar-refractivity contribution >= 4 is 17.3 Å². The van der Waals surface area contributed by atoms with Crippen LogP contribution in [0.1, 0.15) is 37.5 Å². The minimum Gasteiger partial charge on any atom is -0.380 e. The van der Waals surface area contributed by atoms with Crippen molar-refractivity contribution in [2.24, 2.45) is 0 Å². The minimum atomic E-state index is 0.0383. The normalized spacial score (nSPS) is 11.4. The van der Waals surface area contributed by atoms with Gasteiger partial charge in [0.15, 0.2) is 0 Å². The summed E-state index contributed by atoms with van der Waals surface area (Å²) in [6.07, 6.45) is 0.770. The molecule has 2 aromatic rings.